The highest BCUT2D eigenvalue weighted by Crippen LogP contribution is 2.49. The molecule has 0 fully saturated rings. The number of ketones is 2. The van der Waals surface area contributed by atoms with Crippen LogP contribution in [0.4, 0.5) is 0 Å². The second kappa shape index (κ2) is 14.4. The van der Waals surface area contributed by atoms with Crippen molar-refractivity contribution in [1.29, 1.82) is 0 Å². The third-order valence-electron chi connectivity index (χ3n) is 12.4. The van der Waals surface area contributed by atoms with Gasteiger partial charge in [0, 0.05) is 38.8 Å². The van der Waals surface area contributed by atoms with Crippen molar-refractivity contribution in [3.63, 3.8) is 0 Å². The Kier molecular flexibility index (Phi) is 8.29. The lowest BCUT2D eigenvalue weighted by molar-refractivity contribution is 0.0976. The summed E-state index contributed by atoms with van der Waals surface area (Å²) in [5.41, 5.74) is 4.42. The molecule has 0 saturated heterocycles. The second-order valence-corrected chi connectivity index (χ2v) is 18.0. The van der Waals surface area contributed by atoms with Gasteiger partial charge in [0.25, 0.3) is 0 Å². The molecule has 2 aromatic heterocycles. The van der Waals surface area contributed by atoms with Gasteiger partial charge in [-0.15, -0.1) is 0 Å². The molecule has 0 spiro atoms. The third kappa shape index (κ3) is 5.70. The van der Waals surface area contributed by atoms with Gasteiger partial charge >= 0.3 is 16.5 Å². The fourth-order valence-corrected chi connectivity index (χ4v) is 11.7. The Hall–Kier alpha value is -7.76. The lowest BCUT2D eigenvalue weighted by Gasteiger charge is -2.23. The Morgan fingerprint density at radius 3 is 1.55 bits per heavy atom. The van der Waals surface area contributed by atoms with Gasteiger partial charge in [0.2, 0.25) is 5.78 Å². The summed E-state index contributed by atoms with van der Waals surface area (Å²) in [5.74, 6) is 0.302. The van der Waals surface area contributed by atoms with E-state index >= 15 is 4.79 Å². The average Bonchev–Trinajstić information content (AvgIpc) is 3.61. The number of rotatable bonds is 4. The van der Waals surface area contributed by atoms with Crippen LogP contribution in [0.15, 0.2) is 187 Å². The first kappa shape index (κ1) is 36.9. The molecule has 2 atom stereocenters. The molecular formula is C54H32O8P2. The quantitative estimate of drug-likeness (QED) is 0.172. The number of carbonyl (C=O) groups excluding carboxylic acids is 2. The van der Waals surface area contributed by atoms with Gasteiger partial charge in [-0.1, -0.05) is 140 Å². The summed E-state index contributed by atoms with van der Waals surface area (Å²) >= 11 is 0. The molecule has 0 N–H and O–H groups in total. The molecule has 8 nitrogen and oxygen atoms in total. The summed E-state index contributed by atoms with van der Waals surface area (Å²) in [7, 11) is -4.39. The Labute approximate surface area is 366 Å². The highest BCUT2D eigenvalue weighted by Gasteiger charge is 2.36. The van der Waals surface area contributed by atoms with Gasteiger partial charge in [0.15, 0.2) is 5.78 Å². The lowest BCUT2D eigenvalue weighted by atomic mass is 9.81. The molecule has 64 heavy (non-hydrogen) atoms. The van der Waals surface area contributed by atoms with Crippen LogP contribution in [-0.2, 0) is 0 Å². The molecule has 306 valence electrons. The maximum Gasteiger partial charge on any atom is 0.453 e. The van der Waals surface area contributed by atoms with E-state index in [0.717, 1.165) is 66.0 Å². The first-order chi connectivity index (χ1) is 31.6. The van der Waals surface area contributed by atoms with E-state index in [1.54, 1.807) is 36.4 Å². The number of allylic oxidation sites excluding steroid dienone is 5. The van der Waals surface area contributed by atoms with E-state index in [1.807, 2.05) is 78.9 Å². The Morgan fingerprint density at radius 1 is 0.484 bits per heavy atom. The second-order valence-electron chi connectivity index (χ2n) is 16.0. The van der Waals surface area contributed by atoms with E-state index in [1.165, 1.54) is 0 Å². The molecule has 3 aliphatic rings. The number of hydrogen-bond acceptors (Lipinski definition) is 8. The van der Waals surface area contributed by atoms with Crippen LogP contribution < -0.4 is 9.05 Å². The van der Waals surface area contributed by atoms with Gasteiger partial charge in [-0.25, -0.2) is 0 Å². The fraction of sp³-hybridized carbons (Fsp3) is 0.0370. The van der Waals surface area contributed by atoms with Gasteiger partial charge in [0.05, 0.1) is 11.1 Å². The van der Waals surface area contributed by atoms with Gasteiger partial charge in [-0.05, 0) is 80.7 Å². The van der Waals surface area contributed by atoms with Gasteiger partial charge < -0.3 is 25.8 Å². The van der Waals surface area contributed by atoms with Crippen LogP contribution in [-0.4, -0.2) is 11.6 Å². The normalized spacial score (nSPS) is 15.3. The van der Waals surface area contributed by atoms with E-state index in [0.29, 0.717) is 22.5 Å². The summed E-state index contributed by atoms with van der Waals surface area (Å²) in [4.78, 5) is 29.5. The van der Waals surface area contributed by atoms with E-state index in [2.05, 4.69) is 60.7 Å². The Morgan fingerprint density at radius 2 is 0.984 bits per heavy atom. The molecule has 0 amide bonds. The summed E-state index contributed by atoms with van der Waals surface area (Å²) in [6, 6.07) is 46.4. The molecule has 10 aromatic rings. The summed E-state index contributed by atoms with van der Waals surface area (Å²) in [5, 5.41) is 8.88. The zero-order chi connectivity index (χ0) is 42.5. The predicted molar refractivity (Wildman–Crippen MR) is 254 cm³/mol. The Balaban J connectivity index is 0.956. The van der Waals surface area contributed by atoms with Crippen molar-refractivity contribution in [2.75, 3.05) is 0 Å². The van der Waals surface area contributed by atoms with Crippen molar-refractivity contribution in [3.05, 3.63) is 203 Å². The van der Waals surface area contributed by atoms with E-state index in [4.69, 9.17) is 25.8 Å². The van der Waals surface area contributed by atoms with Crippen molar-refractivity contribution >= 4 is 105 Å². The smallest absolute Gasteiger partial charge is 0.390 e. The minimum absolute atomic E-state index is 0.0864. The van der Waals surface area contributed by atoms with Gasteiger partial charge in [-0.3, -0.25) is 9.59 Å². The summed E-state index contributed by atoms with van der Waals surface area (Å²) in [6.07, 6.45) is 11.4. The third-order valence-corrected chi connectivity index (χ3v) is 14.5. The molecule has 0 radical (unpaired) electrons. The zero-order valence-corrected chi connectivity index (χ0v) is 35.5. The monoisotopic (exact) mass is 870 g/mol. The van der Waals surface area contributed by atoms with E-state index in [-0.39, 0.29) is 45.5 Å². The van der Waals surface area contributed by atoms with Crippen molar-refractivity contribution < 1.29 is 35.4 Å². The number of fused-ring (bicyclic) bond motifs is 16. The predicted octanol–water partition coefficient (Wildman–Crippen LogP) is 15.6. The van der Waals surface area contributed by atoms with Crippen LogP contribution in [0.5, 0.6) is 11.5 Å². The first-order valence-electron chi connectivity index (χ1n) is 20.9. The maximum atomic E-state index is 15.0. The molecule has 0 aliphatic heterocycles. The molecule has 2 unspecified atom stereocenters. The molecule has 0 bridgehead atoms. The largest absolute Gasteiger partial charge is 0.453 e. The van der Waals surface area contributed by atoms with Crippen LogP contribution in [0, 0.1) is 5.92 Å². The topological polar surface area (TPSA) is 105 Å². The van der Waals surface area contributed by atoms with Crippen molar-refractivity contribution in [3.8, 4) is 11.5 Å². The van der Waals surface area contributed by atoms with Gasteiger partial charge in [-0.2, -0.15) is 0 Å². The van der Waals surface area contributed by atoms with Crippen molar-refractivity contribution in [2.24, 2.45) is 5.92 Å². The molecule has 0 saturated carbocycles. The molecule has 8 aromatic carbocycles. The molecule has 13 rings (SSSR count). The van der Waals surface area contributed by atoms with Crippen LogP contribution in [0.25, 0.3) is 76.9 Å². The molecule has 2 heterocycles. The van der Waals surface area contributed by atoms with Crippen LogP contribution in [0.2, 0.25) is 0 Å². The summed E-state index contributed by atoms with van der Waals surface area (Å²) in [6.45, 7) is 0. The van der Waals surface area contributed by atoms with E-state index in [9.17, 15) is 4.79 Å². The molecule has 3 aliphatic carbocycles. The number of benzene rings is 8. The van der Waals surface area contributed by atoms with Crippen LogP contribution in [0.1, 0.15) is 49.6 Å². The SMILES string of the molecule is O=C1c2cccc(Op3oc4c(c5c(ccc6ccccc65)o3)C3=CC=CCC3C=C4)c2C(=O)c2c(Op3oc4ccc5ccccc5c4c4c(ccc5ccccc54)o3)cccc21. The highest BCUT2D eigenvalue weighted by atomic mass is 31.1. The van der Waals surface area contributed by atoms with Crippen LogP contribution >= 0.6 is 16.5 Å². The minimum atomic E-state index is -2.20. The highest BCUT2D eigenvalue weighted by molar-refractivity contribution is 7.32. The minimum Gasteiger partial charge on any atom is -0.390 e. The van der Waals surface area contributed by atoms with Crippen LogP contribution in [0.3, 0.4) is 0 Å². The number of carbonyl (C=O) groups is 2. The maximum absolute atomic E-state index is 15.0. The lowest BCUT2D eigenvalue weighted by Crippen LogP contribution is -2.22. The first-order valence-corrected chi connectivity index (χ1v) is 23.1. The average molecular weight is 871 g/mol. The summed E-state index contributed by atoms with van der Waals surface area (Å²) < 4.78 is 39.9. The van der Waals surface area contributed by atoms with E-state index < -0.39 is 22.3 Å². The number of hydrogen-bond donors (Lipinski definition) is 0. The standard InChI is InChI=1S/C54H32O8P2/c55-53-39-19-9-21-41(57-63-59-43-27-23-31-11-1-5-15-35(31)47(43)48-36-16-6-2-12-32(36)24-28-44(48)60-63)51(39)54(56)52-40(53)20-10-22-42(52)58-64-61-45-29-25-33-13-3-7-17-37(33)49(45)50-38-18-8-4-14-34(38)26-30-46(50)62-64/h1-13,15-30,34H,14H2. The van der Waals surface area contributed by atoms with Gasteiger partial charge in [0.1, 0.15) is 34.0 Å². The molecular weight excluding hydrogens is 839 g/mol. The Bertz CT molecular complexity index is 3790. The fourth-order valence-electron chi connectivity index (χ4n) is 9.55. The zero-order valence-electron chi connectivity index (χ0n) is 33.7. The van der Waals surface area contributed by atoms with Crippen molar-refractivity contribution in [1.82, 2.24) is 0 Å². The molecule has 10 heteroatoms. The van der Waals surface area contributed by atoms with Crippen molar-refractivity contribution in [2.45, 2.75) is 6.42 Å².